The number of benzene rings is 1. The maximum atomic E-state index is 5.61. The van der Waals surface area contributed by atoms with E-state index in [9.17, 15) is 0 Å². The topological polar surface area (TPSA) is 18.5 Å². The first-order valence-corrected chi connectivity index (χ1v) is 6.99. The van der Waals surface area contributed by atoms with E-state index in [0.717, 1.165) is 24.2 Å². The summed E-state index contributed by atoms with van der Waals surface area (Å²) in [5.74, 6) is 9.65. The van der Waals surface area contributed by atoms with Gasteiger partial charge in [-0.05, 0) is 24.1 Å². The Bertz CT molecular complexity index is 471. The third kappa shape index (κ3) is 5.83. The van der Waals surface area contributed by atoms with Crippen molar-refractivity contribution in [3.05, 3.63) is 29.8 Å². The van der Waals surface area contributed by atoms with Gasteiger partial charge in [-0.1, -0.05) is 43.7 Å². The molecule has 0 saturated heterocycles. The van der Waals surface area contributed by atoms with Crippen molar-refractivity contribution >= 4 is 0 Å². The highest BCUT2D eigenvalue weighted by atomic mass is 16.5. The van der Waals surface area contributed by atoms with Crippen molar-refractivity contribution in [1.82, 2.24) is 0 Å². The van der Waals surface area contributed by atoms with E-state index >= 15 is 0 Å². The second-order valence-electron chi connectivity index (χ2n) is 4.45. The third-order valence-corrected chi connectivity index (χ3v) is 2.89. The standard InChI is InChI=1S/C18H22O2/c1-4-6-7-8-9-10-18(20-15-5-2)16-11-13-17(19-3)14-12-16/h2,11-14,18H,4,6-8,15H2,1,3H3. The van der Waals surface area contributed by atoms with Gasteiger partial charge in [-0.15, -0.1) is 12.3 Å². The Hall–Kier alpha value is -1.90. The summed E-state index contributed by atoms with van der Waals surface area (Å²) in [5, 5.41) is 0. The van der Waals surface area contributed by atoms with Crippen LogP contribution in [-0.4, -0.2) is 13.7 Å². The predicted molar refractivity (Wildman–Crippen MR) is 82.4 cm³/mol. The average Bonchev–Trinajstić information content (AvgIpc) is 2.50. The molecule has 0 saturated carbocycles. The van der Waals surface area contributed by atoms with Crippen molar-refractivity contribution in [3.63, 3.8) is 0 Å². The lowest BCUT2D eigenvalue weighted by Crippen LogP contribution is -2.02. The van der Waals surface area contributed by atoms with Crippen LogP contribution in [0.5, 0.6) is 5.75 Å². The van der Waals surface area contributed by atoms with Crippen LogP contribution in [0.1, 0.15) is 44.3 Å². The molecular weight excluding hydrogens is 248 g/mol. The first-order chi connectivity index (χ1) is 9.81. The minimum atomic E-state index is -0.265. The van der Waals surface area contributed by atoms with Gasteiger partial charge < -0.3 is 9.47 Å². The van der Waals surface area contributed by atoms with Gasteiger partial charge in [0.2, 0.25) is 0 Å². The fourth-order valence-corrected chi connectivity index (χ4v) is 1.76. The van der Waals surface area contributed by atoms with Crippen LogP contribution in [0, 0.1) is 24.2 Å². The number of hydrogen-bond donors (Lipinski definition) is 0. The molecule has 0 aliphatic carbocycles. The molecule has 2 heteroatoms. The largest absolute Gasteiger partial charge is 0.497 e. The molecule has 1 unspecified atom stereocenters. The summed E-state index contributed by atoms with van der Waals surface area (Å²) in [6, 6.07) is 7.72. The number of rotatable bonds is 7. The van der Waals surface area contributed by atoms with E-state index in [1.165, 1.54) is 12.8 Å². The molecule has 0 amide bonds. The van der Waals surface area contributed by atoms with Gasteiger partial charge in [0, 0.05) is 6.42 Å². The van der Waals surface area contributed by atoms with Crippen LogP contribution in [0.2, 0.25) is 0 Å². The van der Waals surface area contributed by atoms with Crippen LogP contribution >= 0.6 is 0 Å². The van der Waals surface area contributed by atoms with Crippen molar-refractivity contribution in [3.8, 4) is 29.9 Å². The number of unbranched alkanes of at least 4 members (excludes halogenated alkanes) is 3. The molecule has 2 nitrogen and oxygen atoms in total. The summed E-state index contributed by atoms with van der Waals surface area (Å²) in [4.78, 5) is 0. The molecule has 0 aliphatic heterocycles. The highest BCUT2D eigenvalue weighted by molar-refractivity contribution is 5.32. The van der Waals surface area contributed by atoms with Gasteiger partial charge in [0.05, 0.1) is 7.11 Å². The molecular formula is C18H22O2. The summed E-state index contributed by atoms with van der Waals surface area (Å²) in [5.41, 5.74) is 1.00. The summed E-state index contributed by atoms with van der Waals surface area (Å²) in [6.45, 7) is 2.45. The first-order valence-electron chi connectivity index (χ1n) is 6.99. The SMILES string of the molecule is C#CCOC(C#CCCCCC)c1ccc(OC)cc1. The maximum Gasteiger partial charge on any atom is 0.144 e. The Morgan fingerprint density at radius 1 is 1.20 bits per heavy atom. The molecule has 106 valence electrons. The molecule has 0 radical (unpaired) electrons. The van der Waals surface area contributed by atoms with Crippen LogP contribution in [-0.2, 0) is 4.74 Å². The highest BCUT2D eigenvalue weighted by Crippen LogP contribution is 2.20. The molecule has 0 aromatic heterocycles. The lowest BCUT2D eigenvalue weighted by molar-refractivity contribution is 0.121. The zero-order chi connectivity index (χ0) is 14.6. The summed E-state index contributed by atoms with van der Waals surface area (Å²) in [7, 11) is 1.65. The Balaban J connectivity index is 2.69. The number of ether oxygens (including phenoxy) is 2. The monoisotopic (exact) mass is 270 g/mol. The molecule has 0 fully saturated rings. The van der Waals surface area contributed by atoms with E-state index in [2.05, 4.69) is 24.7 Å². The number of methoxy groups -OCH3 is 1. The normalized spacial score (nSPS) is 11.1. The number of terminal acetylenes is 1. The fourth-order valence-electron chi connectivity index (χ4n) is 1.76. The van der Waals surface area contributed by atoms with Gasteiger partial charge in [0.15, 0.2) is 0 Å². The molecule has 0 spiro atoms. The molecule has 20 heavy (non-hydrogen) atoms. The lowest BCUT2D eigenvalue weighted by atomic mass is 10.1. The molecule has 0 aliphatic rings. The van der Waals surface area contributed by atoms with E-state index in [1.54, 1.807) is 7.11 Å². The second kappa shape index (κ2) is 9.96. The van der Waals surface area contributed by atoms with E-state index in [4.69, 9.17) is 15.9 Å². The molecule has 1 aromatic rings. The van der Waals surface area contributed by atoms with Gasteiger partial charge in [-0.25, -0.2) is 0 Å². The molecule has 1 aromatic carbocycles. The smallest absolute Gasteiger partial charge is 0.144 e. The highest BCUT2D eigenvalue weighted by Gasteiger charge is 2.08. The van der Waals surface area contributed by atoms with Gasteiger partial charge in [-0.2, -0.15) is 0 Å². The van der Waals surface area contributed by atoms with Crippen LogP contribution in [0.3, 0.4) is 0 Å². The van der Waals surface area contributed by atoms with Crippen molar-refractivity contribution in [2.45, 2.75) is 38.7 Å². The Labute approximate surface area is 122 Å². The van der Waals surface area contributed by atoms with E-state index in [-0.39, 0.29) is 12.7 Å². The summed E-state index contributed by atoms with van der Waals surface area (Å²) in [6.07, 6.45) is 9.44. The summed E-state index contributed by atoms with van der Waals surface area (Å²) >= 11 is 0. The number of hydrogen-bond acceptors (Lipinski definition) is 2. The van der Waals surface area contributed by atoms with Crippen LogP contribution in [0.15, 0.2) is 24.3 Å². The van der Waals surface area contributed by atoms with Crippen LogP contribution in [0.25, 0.3) is 0 Å². The molecule has 1 atom stereocenters. The molecule has 0 N–H and O–H groups in total. The fraction of sp³-hybridized carbons (Fsp3) is 0.444. The van der Waals surface area contributed by atoms with Crippen molar-refractivity contribution in [2.75, 3.05) is 13.7 Å². The predicted octanol–water partition coefficient (Wildman–Crippen LogP) is 3.97. The van der Waals surface area contributed by atoms with E-state index in [1.807, 2.05) is 24.3 Å². The second-order valence-corrected chi connectivity index (χ2v) is 4.45. The van der Waals surface area contributed by atoms with Crippen molar-refractivity contribution in [1.29, 1.82) is 0 Å². The quantitative estimate of drug-likeness (QED) is 0.551. The van der Waals surface area contributed by atoms with E-state index < -0.39 is 0 Å². The Kier molecular flexibility index (Phi) is 8.04. The summed E-state index contributed by atoms with van der Waals surface area (Å²) < 4.78 is 10.8. The molecule has 0 heterocycles. The zero-order valence-corrected chi connectivity index (χ0v) is 12.3. The maximum absolute atomic E-state index is 5.61. The average molecular weight is 270 g/mol. The Morgan fingerprint density at radius 3 is 2.55 bits per heavy atom. The minimum Gasteiger partial charge on any atom is -0.497 e. The van der Waals surface area contributed by atoms with Gasteiger partial charge >= 0.3 is 0 Å². The zero-order valence-electron chi connectivity index (χ0n) is 12.3. The van der Waals surface area contributed by atoms with E-state index in [0.29, 0.717) is 0 Å². The molecule has 1 rings (SSSR count). The van der Waals surface area contributed by atoms with Gasteiger partial charge in [-0.3, -0.25) is 0 Å². The lowest BCUT2D eigenvalue weighted by Gasteiger charge is -2.11. The molecule has 0 bridgehead atoms. The minimum absolute atomic E-state index is 0.264. The third-order valence-electron chi connectivity index (χ3n) is 2.89. The first kappa shape index (κ1) is 16.2. The van der Waals surface area contributed by atoms with Gasteiger partial charge in [0.25, 0.3) is 0 Å². The van der Waals surface area contributed by atoms with Gasteiger partial charge in [0.1, 0.15) is 18.5 Å². The van der Waals surface area contributed by atoms with Crippen molar-refractivity contribution < 1.29 is 9.47 Å². The Morgan fingerprint density at radius 2 is 1.95 bits per heavy atom. The van der Waals surface area contributed by atoms with Crippen molar-refractivity contribution in [2.24, 2.45) is 0 Å². The van der Waals surface area contributed by atoms with Crippen LogP contribution in [0.4, 0.5) is 0 Å². The van der Waals surface area contributed by atoms with Crippen LogP contribution < -0.4 is 4.74 Å².